The van der Waals surface area contributed by atoms with Gasteiger partial charge in [0.05, 0.1) is 6.54 Å². The van der Waals surface area contributed by atoms with E-state index < -0.39 is 0 Å². The Bertz CT molecular complexity index is 759. The summed E-state index contributed by atoms with van der Waals surface area (Å²) in [5.41, 5.74) is 0.818. The first-order valence-corrected chi connectivity index (χ1v) is 9.42. The minimum atomic E-state index is -0.148. The summed E-state index contributed by atoms with van der Waals surface area (Å²) in [6.45, 7) is 6.20. The maximum Gasteiger partial charge on any atom is 0.239 e. The van der Waals surface area contributed by atoms with E-state index in [1.165, 1.54) is 0 Å². The second-order valence-corrected chi connectivity index (χ2v) is 6.94. The summed E-state index contributed by atoms with van der Waals surface area (Å²) in [7, 11) is 0. The van der Waals surface area contributed by atoms with Gasteiger partial charge in [-0.15, -0.1) is 0 Å². The molecule has 0 fully saturated rings. The highest BCUT2D eigenvalue weighted by molar-refractivity contribution is 6.30. The number of halogens is 1. The van der Waals surface area contributed by atoms with Crippen LogP contribution in [-0.2, 0) is 16.0 Å². The van der Waals surface area contributed by atoms with Gasteiger partial charge >= 0.3 is 0 Å². The van der Waals surface area contributed by atoms with Gasteiger partial charge in [0.25, 0.3) is 0 Å². The smallest absolute Gasteiger partial charge is 0.239 e. The molecule has 2 aromatic rings. The summed E-state index contributed by atoms with van der Waals surface area (Å²) in [5.74, 6) is 0.764. The third-order valence-electron chi connectivity index (χ3n) is 3.87. The average Bonchev–Trinajstić information content (AvgIpc) is 3.08. The summed E-state index contributed by atoms with van der Waals surface area (Å²) in [6.07, 6.45) is 1.40. The molecule has 0 bridgehead atoms. The zero-order valence-electron chi connectivity index (χ0n) is 15.9. The zero-order chi connectivity index (χ0) is 19.8. The summed E-state index contributed by atoms with van der Waals surface area (Å²) in [4.78, 5) is 30.0. The number of nitrogens with one attached hydrogen (secondary N) is 1. The number of carbonyl (C=O) groups excluding carboxylic acids is 2. The normalized spacial score (nSPS) is 10.9. The van der Waals surface area contributed by atoms with Crippen molar-refractivity contribution in [2.24, 2.45) is 0 Å². The number of nitrogens with zero attached hydrogens (tertiary/aromatic N) is 3. The zero-order valence-corrected chi connectivity index (χ0v) is 16.6. The highest BCUT2D eigenvalue weighted by Crippen LogP contribution is 2.19. The Hall–Kier alpha value is -2.41. The van der Waals surface area contributed by atoms with Crippen molar-refractivity contribution in [3.05, 3.63) is 35.2 Å². The summed E-state index contributed by atoms with van der Waals surface area (Å²) in [5, 5.41) is 7.39. The van der Waals surface area contributed by atoms with Crippen LogP contribution in [-0.4, -0.2) is 46.0 Å². The van der Waals surface area contributed by atoms with Crippen LogP contribution in [0, 0.1) is 0 Å². The average molecular weight is 393 g/mol. The fraction of sp³-hybridized carbons (Fsp3) is 0.474. The van der Waals surface area contributed by atoms with E-state index in [1.807, 2.05) is 32.9 Å². The van der Waals surface area contributed by atoms with Crippen LogP contribution in [0.2, 0.25) is 5.02 Å². The van der Waals surface area contributed by atoms with Gasteiger partial charge < -0.3 is 14.7 Å². The number of hydrogen-bond acceptors (Lipinski definition) is 5. The molecule has 0 aliphatic heterocycles. The topological polar surface area (TPSA) is 88.3 Å². The highest BCUT2D eigenvalue weighted by atomic mass is 35.5. The van der Waals surface area contributed by atoms with Gasteiger partial charge in [0.1, 0.15) is 0 Å². The Labute approximate surface area is 164 Å². The predicted molar refractivity (Wildman–Crippen MR) is 103 cm³/mol. The second-order valence-electron chi connectivity index (χ2n) is 6.50. The lowest BCUT2D eigenvalue weighted by Crippen LogP contribution is -2.42. The van der Waals surface area contributed by atoms with Crippen LogP contribution in [0.4, 0.5) is 0 Å². The van der Waals surface area contributed by atoms with Gasteiger partial charge in [-0.3, -0.25) is 9.59 Å². The molecular formula is C19H25ClN4O3. The lowest BCUT2D eigenvalue weighted by atomic mass is 10.2. The van der Waals surface area contributed by atoms with Gasteiger partial charge in [0.15, 0.2) is 0 Å². The molecule has 27 heavy (non-hydrogen) atoms. The van der Waals surface area contributed by atoms with E-state index in [0.29, 0.717) is 42.5 Å². The molecule has 0 radical (unpaired) electrons. The molecule has 0 aliphatic carbocycles. The van der Waals surface area contributed by atoms with Gasteiger partial charge in [-0.1, -0.05) is 16.8 Å². The molecule has 0 spiro atoms. The minimum Gasteiger partial charge on any atom is -0.352 e. The van der Waals surface area contributed by atoms with E-state index in [2.05, 4.69) is 15.5 Å². The van der Waals surface area contributed by atoms with Crippen molar-refractivity contribution in [3.63, 3.8) is 0 Å². The van der Waals surface area contributed by atoms with Crippen LogP contribution >= 0.6 is 11.6 Å². The van der Waals surface area contributed by atoms with Crippen molar-refractivity contribution in [2.75, 3.05) is 13.1 Å². The Morgan fingerprint density at radius 2 is 1.96 bits per heavy atom. The van der Waals surface area contributed by atoms with Crippen molar-refractivity contribution >= 4 is 23.4 Å². The lowest BCUT2D eigenvalue weighted by molar-refractivity contribution is -0.136. The molecule has 7 nitrogen and oxygen atoms in total. The van der Waals surface area contributed by atoms with E-state index in [1.54, 1.807) is 17.0 Å². The molecule has 1 aromatic heterocycles. The number of benzene rings is 1. The molecule has 1 heterocycles. The van der Waals surface area contributed by atoms with Gasteiger partial charge in [0, 0.05) is 36.0 Å². The summed E-state index contributed by atoms with van der Waals surface area (Å²) >= 11 is 5.87. The van der Waals surface area contributed by atoms with Crippen molar-refractivity contribution < 1.29 is 14.1 Å². The molecule has 1 N–H and O–H groups in total. The molecule has 0 saturated carbocycles. The quantitative estimate of drug-likeness (QED) is 0.708. The Kier molecular flexibility index (Phi) is 7.79. The maximum atomic E-state index is 12.3. The van der Waals surface area contributed by atoms with Gasteiger partial charge in [-0.2, -0.15) is 4.98 Å². The standard InChI is InChI=1S/C19H25ClN4O3/c1-4-24(12-16(25)21-13(2)3)18(26)7-5-6-17-22-19(23-27-17)14-8-10-15(20)11-9-14/h8-11,13H,4-7,12H2,1-3H3,(H,21,25). The fourth-order valence-corrected chi connectivity index (χ4v) is 2.66. The molecule has 2 rings (SSSR count). The number of carbonyl (C=O) groups is 2. The Morgan fingerprint density at radius 3 is 2.59 bits per heavy atom. The number of aryl methyl sites for hydroxylation is 1. The van der Waals surface area contributed by atoms with Gasteiger partial charge in [-0.05, 0) is 51.5 Å². The number of likely N-dealkylation sites (N-methyl/N-ethyl adjacent to an activating group) is 1. The Balaban J connectivity index is 1.82. The van der Waals surface area contributed by atoms with Crippen molar-refractivity contribution in [3.8, 4) is 11.4 Å². The number of aromatic nitrogens is 2. The van der Waals surface area contributed by atoms with Crippen LogP contribution < -0.4 is 5.32 Å². The van der Waals surface area contributed by atoms with Crippen LogP contribution in [0.25, 0.3) is 11.4 Å². The van der Waals surface area contributed by atoms with E-state index in [4.69, 9.17) is 16.1 Å². The molecule has 8 heteroatoms. The number of hydrogen-bond donors (Lipinski definition) is 1. The largest absolute Gasteiger partial charge is 0.352 e. The molecular weight excluding hydrogens is 368 g/mol. The predicted octanol–water partition coefficient (Wildman–Crippen LogP) is 3.09. The second kappa shape index (κ2) is 10.1. The fourth-order valence-electron chi connectivity index (χ4n) is 2.54. The molecule has 0 atom stereocenters. The SMILES string of the molecule is CCN(CC(=O)NC(C)C)C(=O)CCCc1nc(-c2ccc(Cl)cc2)no1. The van der Waals surface area contributed by atoms with E-state index in [0.717, 1.165) is 5.56 Å². The molecule has 0 saturated heterocycles. The maximum absolute atomic E-state index is 12.3. The third kappa shape index (κ3) is 6.67. The van der Waals surface area contributed by atoms with E-state index in [-0.39, 0.29) is 24.4 Å². The molecule has 0 unspecified atom stereocenters. The van der Waals surface area contributed by atoms with E-state index >= 15 is 0 Å². The van der Waals surface area contributed by atoms with Gasteiger partial charge in [-0.25, -0.2) is 0 Å². The van der Waals surface area contributed by atoms with Crippen molar-refractivity contribution in [1.29, 1.82) is 0 Å². The first-order valence-electron chi connectivity index (χ1n) is 9.04. The minimum absolute atomic E-state index is 0.0543. The highest BCUT2D eigenvalue weighted by Gasteiger charge is 2.16. The lowest BCUT2D eigenvalue weighted by Gasteiger charge is -2.21. The molecule has 2 amide bonds. The third-order valence-corrected chi connectivity index (χ3v) is 4.12. The van der Waals surface area contributed by atoms with Gasteiger partial charge in [0.2, 0.25) is 23.5 Å². The first kappa shape index (κ1) is 20.9. The van der Waals surface area contributed by atoms with Crippen LogP contribution in [0.5, 0.6) is 0 Å². The molecule has 0 aliphatic rings. The van der Waals surface area contributed by atoms with Crippen molar-refractivity contribution in [2.45, 2.75) is 46.1 Å². The molecule has 146 valence electrons. The molecule has 1 aromatic carbocycles. The van der Waals surface area contributed by atoms with Crippen molar-refractivity contribution in [1.82, 2.24) is 20.4 Å². The van der Waals surface area contributed by atoms with E-state index in [9.17, 15) is 9.59 Å². The van der Waals surface area contributed by atoms with Crippen LogP contribution in [0.1, 0.15) is 39.5 Å². The van der Waals surface area contributed by atoms with Crippen LogP contribution in [0.15, 0.2) is 28.8 Å². The monoisotopic (exact) mass is 392 g/mol. The summed E-state index contributed by atoms with van der Waals surface area (Å²) in [6, 6.07) is 7.23. The first-order chi connectivity index (χ1) is 12.9. The summed E-state index contributed by atoms with van der Waals surface area (Å²) < 4.78 is 5.24. The Morgan fingerprint density at radius 1 is 1.26 bits per heavy atom. The number of rotatable bonds is 9. The van der Waals surface area contributed by atoms with Crippen LogP contribution in [0.3, 0.4) is 0 Å². The number of amides is 2.